The first kappa shape index (κ1) is 44.0. The lowest BCUT2D eigenvalue weighted by molar-refractivity contribution is -0.195. The first-order valence-electron chi connectivity index (χ1n) is 17.9. The van der Waals surface area contributed by atoms with Crippen LogP contribution in [0.2, 0.25) is 28.2 Å². The Morgan fingerprint density at radius 2 is 1.13 bits per heavy atom. The fourth-order valence-electron chi connectivity index (χ4n) is 6.94. The molecule has 2 aliphatic heterocycles. The molecule has 4 heterocycles. The van der Waals surface area contributed by atoms with Crippen molar-refractivity contribution >= 4 is 54.7 Å². The van der Waals surface area contributed by atoms with Crippen LogP contribution in [0.25, 0.3) is 0 Å². The average molecular weight is 832 g/mol. The van der Waals surface area contributed by atoms with Gasteiger partial charge in [0.2, 0.25) is 0 Å². The van der Waals surface area contributed by atoms with Crippen molar-refractivity contribution in [3.8, 4) is 0 Å². The number of fused-ring (bicyclic) bond motifs is 4. The second kappa shape index (κ2) is 16.8. The fourth-order valence-corrected chi connectivity index (χ4v) is 9.02. The number of anilines is 4. The van der Waals surface area contributed by atoms with Gasteiger partial charge in [-0.2, -0.15) is 26.3 Å². The van der Waals surface area contributed by atoms with Gasteiger partial charge in [0.15, 0.2) is 0 Å². The summed E-state index contributed by atoms with van der Waals surface area (Å²) in [7, 11) is -0.171. The third-order valence-electron chi connectivity index (χ3n) is 10.2. The van der Waals surface area contributed by atoms with Crippen LogP contribution >= 0.6 is 23.2 Å². The van der Waals surface area contributed by atoms with E-state index in [-0.39, 0.29) is 63.8 Å². The maximum Gasteiger partial charge on any atom is 0.404 e. The summed E-state index contributed by atoms with van der Waals surface area (Å²) in [5.74, 6) is 0. The molecule has 0 fully saturated rings. The van der Waals surface area contributed by atoms with Crippen molar-refractivity contribution < 1.29 is 31.1 Å². The van der Waals surface area contributed by atoms with Gasteiger partial charge in [-0.15, -0.1) is 0 Å². The second-order valence-corrected chi connectivity index (χ2v) is 19.3. The summed E-state index contributed by atoms with van der Waals surface area (Å²) in [6.07, 6.45) is -9.71. The van der Waals surface area contributed by atoms with Crippen LogP contribution in [0.1, 0.15) is 75.2 Å². The SMILES string of the molecule is CC[SiH](CC)CC.Cc1cc2c(c(=O)[nH]1)Nc1ccc(Cl)cc1C2(C)C(F)(F)F.Cc1cc2c(c(=O)[nH]1)Nc1ccc(Cl)cc1C2(COC(C)C)C(F)(F)F. The number of pyridine rings is 2. The van der Waals surface area contributed by atoms with E-state index in [9.17, 15) is 35.9 Å². The molecule has 0 saturated carbocycles. The molecule has 2 aliphatic rings. The monoisotopic (exact) mass is 830 g/mol. The minimum absolute atomic E-state index is 0.00463. The molecule has 2 unspecified atom stereocenters. The second-order valence-electron chi connectivity index (χ2n) is 14.2. The number of ether oxygens (including phenoxy) is 1. The van der Waals surface area contributed by atoms with Crippen LogP contribution in [0.5, 0.6) is 0 Å². The van der Waals surface area contributed by atoms with E-state index >= 15 is 0 Å². The first-order valence-corrected chi connectivity index (χ1v) is 21.1. The van der Waals surface area contributed by atoms with Crippen LogP contribution in [0.3, 0.4) is 0 Å². The molecule has 4 aromatic rings. The number of rotatable bonds is 6. The van der Waals surface area contributed by atoms with Gasteiger partial charge in [-0.25, -0.2) is 0 Å². The highest BCUT2D eigenvalue weighted by Gasteiger charge is 2.61. The van der Waals surface area contributed by atoms with E-state index in [0.717, 1.165) is 6.92 Å². The zero-order chi connectivity index (χ0) is 41.3. The van der Waals surface area contributed by atoms with Gasteiger partial charge >= 0.3 is 12.4 Å². The van der Waals surface area contributed by atoms with Crippen molar-refractivity contribution in [1.82, 2.24) is 9.97 Å². The first-order chi connectivity index (χ1) is 25.5. The van der Waals surface area contributed by atoms with Crippen LogP contribution in [0.4, 0.5) is 49.1 Å². The Bertz CT molecular complexity index is 2130. The molecular formula is C39H46Cl2F6N4O3Si. The molecule has 0 spiro atoms. The summed E-state index contributed by atoms with van der Waals surface area (Å²) in [6.45, 7) is 13.8. The average Bonchev–Trinajstić information content (AvgIpc) is 3.08. The number of alkyl halides is 6. The Morgan fingerprint density at radius 3 is 1.55 bits per heavy atom. The number of hydrogen-bond acceptors (Lipinski definition) is 5. The van der Waals surface area contributed by atoms with Gasteiger partial charge in [0.1, 0.15) is 22.2 Å². The lowest BCUT2D eigenvalue weighted by Crippen LogP contribution is -2.51. The Labute approximate surface area is 327 Å². The largest absolute Gasteiger partial charge is 0.404 e. The molecule has 4 N–H and O–H groups in total. The molecule has 300 valence electrons. The summed E-state index contributed by atoms with van der Waals surface area (Å²) in [5, 5.41) is 5.99. The van der Waals surface area contributed by atoms with Crippen LogP contribution in [0.15, 0.2) is 58.1 Å². The van der Waals surface area contributed by atoms with Crippen molar-refractivity contribution in [3.05, 3.63) is 113 Å². The van der Waals surface area contributed by atoms with Gasteiger partial charge in [0.25, 0.3) is 11.1 Å². The maximum absolute atomic E-state index is 14.5. The molecule has 16 heteroatoms. The highest BCUT2D eigenvalue weighted by molar-refractivity contribution is 6.58. The molecular weight excluding hydrogens is 785 g/mol. The van der Waals surface area contributed by atoms with Crippen LogP contribution in [-0.4, -0.2) is 43.8 Å². The van der Waals surface area contributed by atoms with Crippen LogP contribution in [0, 0.1) is 13.8 Å². The number of halogens is 8. The Morgan fingerprint density at radius 1 is 0.691 bits per heavy atom. The van der Waals surface area contributed by atoms with Crippen molar-refractivity contribution in [2.24, 2.45) is 0 Å². The van der Waals surface area contributed by atoms with Crippen LogP contribution < -0.4 is 21.8 Å². The molecule has 2 aromatic heterocycles. The number of nitrogens with one attached hydrogen (secondary N) is 4. The summed E-state index contributed by atoms with van der Waals surface area (Å²) >= 11 is 11.9. The number of aromatic amines is 2. The third kappa shape index (κ3) is 8.67. The van der Waals surface area contributed by atoms with Crippen LogP contribution in [-0.2, 0) is 15.6 Å². The zero-order valence-electron chi connectivity index (χ0n) is 31.9. The maximum atomic E-state index is 14.5. The van der Waals surface area contributed by atoms with E-state index in [0.29, 0.717) is 11.4 Å². The number of aromatic nitrogens is 2. The number of hydrogen-bond donors (Lipinski definition) is 4. The standard InChI is InChI=1S/C18H18ClF3N2O2.C15H12ClF3N2O.C6H16Si/c1-9(2)26-8-17(18(20,21)22)12-7-11(19)4-5-14(12)24-15-13(17)6-10(3)23-16(15)25;1-7-5-10-12(13(22)20-7)21-11-4-3-8(16)6-9(11)14(10,2)15(17,18)19;1-4-7(5-2)6-3/h4-7,9,24H,8H2,1-3H3,(H,23,25);3-6,21H,1-2H3,(H,20,22);7H,4-6H2,1-3H3. The smallest absolute Gasteiger partial charge is 0.377 e. The summed E-state index contributed by atoms with van der Waals surface area (Å²) in [5.41, 5.74) is -5.43. The molecule has 0 saturated heterocycles. The van der Waals surface area contributed by atoms with E-state index < -0.39 is 47.0 Å². The van der Waals surface area contributed by atoms with E-state index in [1.807, 2.05) is 0 Å². The molecule has 2 atom stereocenters. The summed E-state index contributed by atoms with van der Waals surface area (Å²) < 4.78 is 90.7. The van der Waals surface area contributed by atoms with Gasteiger partial charge < -0.3 is 25.3 Å². The summed E-state index contributed by atoms with van der Waals surface area (Å²) in [6, 6.07) is 15.6. The lowest BCUT2D eigenvalue weighted by Gasteiger charge is -2.42. The minimum atomic E-state index is -4.71. The summed E-state index contributed by atoms with van der Waals surface area (Å²) in [4.78, 5) is 29.5. The van der Waals surface area contributed by atoms with Gasteiger partial charge in [-0.3, -0.25) is 9.59 Å². The van der Waals surface area contributed by atoms with E-state index in [4.69, 9.17) is 27.9 Å². The van der Waals surface area contributed by atoms with E-state index in [2.05, 4.69) is 41.4 Å². The van der Waals surface area contributed by atoms with Crippen molar-refractivity contribution in [3.63, 3.8) is 0 Å². The fraction of sp³-hybridized carbons (Fsp3) is 0.436. The molecule has 0 amide bonds. The minimum Gasteiger partial charge on any atom is -0.377 e. The predicted octanol–water partition coefficient (Wildman–Crippen LogP) is 11.2. The molecule has 7 nitrogen and oxygen atoms in total. The van der Waals surface area contributed by atoms with Gasteiger partial charge in [-0.1, -0.05) is 62.1 Å². The molecule has 2 aromatic carbocycles. The molecule has 55 heavy (non-hydrogen) atoms. The predicted molar refractivity (Wildman–Crippen MR) is 212 cm³/mol. The normalized spacial score (nSPS) is 18.4. The Hall–Kier alpha value is -3.72. The van der Waals surface area contributed by atoms with Gasteiger partial charge in [-0.05, 0) is 94.3 Å². The van der Waals surface area contributed by atoms with Gasteiger partial charge in [0.05, 0.1) is 12.7 Å². The quantitative estimate of drug-likeness (QED) is 0.115. The van der Waals surface area contributed by atoms with E-state index in [1.54, 1.807) is 27.7 Å². The highest BCUT2D eigenvalue weighted by Crippen LogP contribution is 2.55. The zero-order valence-corrected chi connectivity index (χ0v) is 34.5. The van der Waals surface area contributed by atoms with Crippen molar-refractivity contribution in [2.75, 3.05) is 17.2 Å². The number of benzene rings is 2. The Balaban J connectivity index is 0.000000211. The third-order valence-corrected chi connectivity index (χ3v) is 14.2. The number of aryl methyl sites for hydroxylation is 2. The number of H-pyrrole nitrogens is 2. The molecule has 6 rings (SSSR count). The molecule has 0 radical (unpaired) electrons. The van der Waals surface area contributed by atoms with Crippen molar-refractivity contribution in [1.29, 1.82) is 0 Å². The molecule has 0 aliphatic carbocycles. The Kier molecular flexibility index (Phi) is 13.4. The molecule has 0 bridgehead atoms. The topological polar surface area (TPSA) is 99.0 Å². The highest BCUT2D eigenvalue weighted by atomic mass is 35.5. The lowest BCUT2D eigenvalue weighted by atomic mass is 9.71. The van der Waals surface area contributed by atoms with E-state index in [1.165, 1.54) is 66.7 Å². The van der Waals surface area contributed by atoms with Crippen molar-refractivity contribution in [2.45, 2.75) is 103 Å². The van der Waals surface area contributed by atoms with Gasteiger partial charge in [0, 0.05) is 52.7 Å².